The van der Waals surface area contributed by atoms with Crippen molar-refractivity contribution in [2.75, 3.05) is 39.4 Å². The van der Waals surface area contributed by atoms with Crippen molar-refractivity contribution >= 4 is 24.1 Å². The Hall–Kier alpha value is -3.12. The summed E-state index contributed by atoms with van der Waals surface area (Å²) in [6.45, 7) is 8.69. The van der Waals surface area contributed by atoms with Crippen LogP contribution < -0.4 is 10.6 Å². The molecule has 4 fully saturated rings. The summed E-state index contributed by atoms with van der Waals surface area (Å²) in [7, 11) is 0. The lowest BCUT2D eigenvalue weighted by Gasteiger charge is -2.43. The zero-order chi connectivity index (χ0) is 39.8. The lowest BCUT2D eigenvalue weighted by atomic mass is 9.88. The van der Waals surface area contributed by atoms with Crippen molar-refractivity contribution in [1.82, 2.24) is 20.4 Å². The highest BCUT2D eigenvalue weighted by Gasteiger charge is 2.34. The number of unbranched alkanes of at least 4 members (excludes halogenated alkanes) is 1. The number of carbonyl (C=O) groups excluding carboxylic acids is 4. The van der Waals surface area contributed by atoms with Crippen molar-refractivity contribution in [3.05, 3.63) is 25.3 Å². The van der Waals surface area contributed by atoms with Gasteiger partial charge in [-0.05, 0) is 77.0 Å². The van der Waals surface area contributed by atoms with E-state index in [1.54, 1.807) is 0 Å². The van der Waals surface area contributed by atoms with Gasteiger partial charge in [0.1, 0.15) is 25.4 Å². The first-order valence-electron chi connectivity index (χ1n) is 22.3. The Morgan fingerprint density at radius 3 is 1.11 bits per heavy atom. The molecule has 0 aromatic carbocycles. The van der Waals surface area contributed by atoms with Gasteiger partial charge in [0.2, 0.25) is 0 Å². The molecule has 2 unspecified atom stereocenters. The largest absolute Gasteiger partial charge is 0.461 e. The molecule has 2 amide bonds. The molecule has 0 spiro atoms. The molecule has 0 heterocycles. The zero-order valence-corrected chi connectivity index (χ0v) is 34.4. The van der Waals surface area contributed by atoms with E-state index in [1.807, 2.05) is 0 Å². The van der Waals surface area contributed by atoms with Crippen LogP contribution in [-0.4, -0.2) is 110 Å². The average Bonchev–Trinajstić information content (AvgIpc) is 3.24. The molecule has 318 valence electrons. The molecule has 0 saturated heterocycles. The smallest absolute Gasteiger partial charge is 0.407 e. The molecule has 0 aromatic heterocycles. The van der Waals surface area contributed by atoms with E-state index in [2.05, 4.69) is 33.6 Å². The average molecular weight is 787 g/mol. The molecule has 4 rings (SSSR count). The summed E-state index contributed by atoms with van der Waals surface area (Å²) in [6, 6.07) is 2.06. The quantitative estimate of drug-likeness (QED) is 0.0453. The maximum absolute atomic E-state index is 13.1. The molecule has 0 radical (unpaired) electrons. The first-order chi connectivity index (χ1) is 27.4. The van der Waals surface area contributed by atoms with Gasteiger partial charge in [0.15, 0.2) is 0 Å². The van der Waals surface area contributed by atoms with Crippen LogP contribution in [0.3, 0.4) is 0 Å². The number of rotatable bonds is 23. The highest BCUT2D eigenvalue weighted by atomic mass is 16.6. The van der Waals surface area contributed by atoms with Crippen LogP contribution in [0.15, 0.2) is 25.3 Å². The molecule has 0 aromatic rings. The van der Waals surface area contributed by atoms with Crippen molar-refractivity contribution in [3.63, 3.8) is 0 Å². The minimum Gasteiger partial charge on any atom is -0.461 e. The van der Waals surface area contributed by atoms with Crippen molar-refractivity contribution < 1.29 is 38.1 Å². The lowest BCUT2D eigenvalue weighted by Crippen LogP contribution is -2.50. The molecular weight excluding hydrogens is 713 g/mol. The summed E-state index contributed by atoms with van der Waals surface area (Å²) in [5.41, 5.74) is 0. The van der Waals surface area contributed by atoms with Gasteiger partial charge in [-0.15, -0.1) is 0 Å². The van der Waals surface area contributed by atoms with Gasteiger partial charge in [-0.2, -0.15) is 0 Å². The standard InChI is InChI=1S/C44H74N4O8/c1-3-41(49)53-31-29-45-43(51)55-39(33-47(35-19-9-5-10-20-35)36-21-11-6-12-22-36)27-17-18-28-40(56-44(52)46-30-32-54-42(50)4-2)34-48(37-23-13-7-14-24-37)38-25-15-8-16-26-38/h3-4,35-40H,1-2,5-34H2,(H,45,51)(H,46,52). The van der Waals surface area contributed by atoms with E-state index in [-0.39, 0.29) is 38.5 Å². The molecule has 4 aliphatic carbocycles. The number of esters is 2. The Kier molecular flexibility index (Phi) is 21.8. The van der Waals surface area contributed by atoms with E-state index in [4.69, 9.17) is 18.9 Å². The molecule has 2 N–H and O–H groups in total. The SMILES string of the molecule is C=CC(=O)OCCNC(=O)OC(CCCCC(CN(C1CCCCC1)C1CCCCC1)OC(=O)NCCOC(=O)C=C)CN(C1CCCCC1)C1CCCCC1. The summed E-state index contributed by atoms with van der Waals surface area (Å²) in [4.78, 5) is 54.6. The third kappa shape index (κ3) is 17.2. The fraction of sp³-hybridized carbons (Fsp3) is 0.818. The van der Waals surface area contributed by atoms with Crippen molar-refractivity contribution in [3.8, 4) is 0 Å². The van der Waals surface area contributed by atoms with E-state index in [1.165, 1.54) is 128 Å². The van der Waals surface area contributed by atoms with Crippen molar-refractivity contribution in [2.24, 2.45) is 0 Å². The molecule has 12 nitrogen and oxygen atoms in total. The first kappa shape index (κ1) is 45.6. The Labute approximate surface area is 337 Å². The predicted molar refractivity (Wildman–Crippen MR) is 218 cm³/mol. The normalized spacial score (nSPS) is 20.1. The first-order valence-corrected chi connectivity index (χ1v) is 22.3. The number of ether oxygens (including phenoxy) is 4. The predicted octanol–water partition coefficient (Wildman–Crippen LogP) is 8.13. The maximum atomic E-state index is 13.1. The summed E-state index contributed by atoms with van der Waals surface area (Å²) in [5, 5.41) is 5.55. The van der Waals surface area contributed by atoms with Gasteiger partial charge in [-0.1, -0.05) is 90.2 Å². The van der Waals surface area contributed by atoms with E-state index >= 15 is 0 Å². The highest BCUT2D eigenvalue weighted by molar-refractivity contribution is 5.81. The van der Waals surface area contributed by atoms with Crippen LogP contribution in [0, 0.1) is 0 Å². The van der Waals surface area contributed by atoms with Crippen LogP contribution in [0.25, 0.3) is 0 Å². The summed E-state index contributed by atoms with van der Waals surface area (Å²) < 4.78 is 22.4. The van der Waals surface area contributed by atoms with Gasteiger partial charge < -0.3 is 29.6 Å². The fourth-order valence-electron chi connectivity index (χ4n) is 9.55. The van der Waals surface area contributed by atoms with Gasteiger partial charge in [0.25, 0.3) is 0 Å². The number of carbonyl (C=O) groups is 4. The number of nitrogens with zero attached hydrogens (tertiary/aromatic N) is 2. The monoisotopic (exact) mass is 787 g/mol. The van der Waals surface area contributed by atoms with Crippen molar-refractivity contribution in [2.45, 2.75) is 190 Å². The molecular formula is C44H74N4O8. The highest BCUT2D eigenvalue weighted by Crippen LogP contribution is 2.33. The molecule has 12 heteroatoms. The molecule has 0 aliphatic heterocycles. The van der Waals surface area contributed by atoms with E-state index in [0.29, 0.717) is 50.1 Å². The Bertz CT molecular complexity index is 1050. The molecule has 4 aliphatic rings. The van der Waals surface area contributed by atoms with Crippen LogP contribution in [0.4, 0.5) is 9.59 Å². The Morgan fingerprint density at radius 1 is 0.518 bits per heavy atom. The van der Waals surface area contributed by atoms with Crippen molar-refractivity contribution in [1.29, 1.82) is 0 Å². The molecule has 2 atom stereocenters. The van der Waals surface area contributed by atoms with E-state index in [9.17, 15) is 19.2 Å². The molecule has 4 saturated carbocycles. The number of alkyl carbamates (subject to hydrolysis) is 2. The van der Waals surface area contributed by atoms with Crippen LogP contribution in [0.5, 0.6) is 0 Å². The van der Waals surface area contributed by atoms with Crippen LogP contribution >= 0.6 is 0 Å². The second-order valence-electron chi connectivity index (χ2n) is 16.5. The van der Waals surface area contributed by atoms with Crippen LogP contribution in [-0.2, 0) is 28.5 Å². The van der Waals surface area contributed by atoms with Gasteiger partial charge in [0.05, 0.1) is 13.1 Å². The third-order valence-electron chi connectivity index (χ3n) is 12.4. The van der Waals surface area contributed by atoms with E-state index < -0.39 is 24.1 Å². The lowest BCUT2D eigenvalue weighted by molar-refractivity contribution is -0.138. The van der Waals surface area contributed by atoms with Gasteiger partial charge in [-0.25, -0.2) is 19.2 Å². The summed E-state index contributed by atoms with van der Waals surface area (Å²) in [6.07, 6.45) is 28.4. The number of hydrogen-bond acceptors (Lipinski definition) is 10. The summed E-state index contributed by atoms with van der Waals surface area (Å²) in [5.74, 6) is -1.05. The molecule has 56 heavy (non-hydrogen) atoms. The van der Waals surface area contributed by atoms with Crippen LogP contribution in [0.2, 0.25) is 0 Å². The Morgan fingerprint density at radius 2 is 0.821 bits per heavy atom. The number of amides is 2. The second-order valence-corrected chi connectivity index (χ2v) is 16.5. The number of nitrogens with one attached hydrogen (secondary N) is 2. The minimum atomic E-state index is -0.525. The van der Waals surface area contributed by atoms with Gasteiger partial charge >= 0.3 is 24.1 Å². The number of hydrogen-bond donors (Lipinski definition) is 2. The van der Waals surface area contributed by atoms with Gasteiger partial charge in [-0.3, -0.25) is 9.80 Å². The third-order valence-corrected chi connectivity index (χ3v) is 12.4. The molecule has 0 bridgehead atoms. The maximum Gasteiger partial charge on any atom is 0.407 e. The Balaban J connectivity index is 1.42. The topological polar surface area (TPSA) is 136 Å². The summed E-state index contributed by atoms with van der Waals surface area (Å²) >= 11 is 0. The van der Waals surface area contributed by atoms with Crippen LogP contribution in [0.1, 0.15) is 154 Å². The fourth-order valence-corrected chi connectivity index (χ4v) is 9.55. The van der Waals surface area contributed by atoms with Gasteiger partial charge in [0, 0.05) is 49.4 Å². The van der Waals surface area contributed by atoms with E-state index in [0.717, 1.165) is 25.0 Å². The second kappa shape index (κ2) is 26.7. The minimum absolute atomic E-state index is 0.0502. The zero-order valence-electron chi connectivity index (χ0n) is 34.4.